The van der Waals surface area contributed by atoms with Gasteiger partial charge in [-0.25, -0.2) is 0 Å². The quantitative estimate of drug-likeness (QED) is 0.915. The molecule has 0 atom stereocenters. The van der Waals surface area contributed by atoms with Gasteiger partial charge in [-0.15, -0.1) is 0 Å². The lowest BCUT2D eigenvalue weighted by Gasteiger charge is -2.29. The highest BCUT2D eigenvalue weighted by Gasteiger charge is 2.27. The number of nitriles is 1. The van der Waals surface area contributed by atoms with E-state index in [4.69, 9.17) is 10.00 Å². The Morgan fingerprint density at radius 1 is 1.35 bits per heavy atom. The number of carbonyl (C=O) groups excluding carboxylic acids is 1. The van der Waals surface area contributed by atoms with E-state index in [-0.39, 0.29) is 11.2 Å². The Hall–Kier alpha value is -2.28. The van der Waals surface area contributed by atoms with Gasteiger partial charge in [0.15, 0.2) is 5.78 Å². The number of rotatable bonds is 3. The zero-order valence-electron chi connectivity index (χ0n) is 12.0. The van der Waals surface area contributed by atoms with E-state index >= 15 is 0 Å². The predicted octanol–water partition coefficient (Wildman–Crippen LogP) is 3.25. The topological polar surface area (TPSA) is 62.1 Å². The van der Waals surface area contributed by atoms with Crippen LogP contribution >= 0.6 is 0 Å². The summed E-state index contributed by atoms with van der Waals surface area (Å²) in [6.07, 6.45) is 2.97. The Bertz CT molecular complexity index is 609. The van der Waals surface area contributed by atoms with Gasteiger partial charge >= 0.3 is 0 Å². The Morgan fingerprint density at radius 3 is 2.70 bits per heavy atom. The van der Waals surface area contributed by atoms with Gasteiger partial charge in [0.1, 0.15) is 11.8 Å². The third-order valence-corrected chi connectivity index (χ3v) is 3.30. The molecular weight excluding hydrogens is 252 g/mol. The number of methoxy groups -OCH3 is 1. The third-order valence-electron chi connectivity index (χ3n) is 3.30. The van der Waals surface area contributed by atoms with Crippen LogP contribution in [0.5, 0.6) is 5.75 Å². The van der Waals surface area contributed by atoms with Gasteiger partial charge in [0.25, 0.3) is 0 Å². The summed E-state index contributed by atoms with van der Waals surface area (Å²) >= 11 is 0. The van der Waals surface area contributed by atoms with E-state index in [1.54, 1.807) is 31.4 Å². The van der Waals surface area contributed by atoms with Crippen molar-refractivity contribution in [3.05, 3.63) is 35.5 Å². The summed E-state index contributed by atoms with van der Waals surface area (Å²) in [6, 6.07) is 7.36. The molecule has 0 unspecified atom stereocenters. The minimum Gasteiger partial charge on any atom is -0.497 e. The van der Waals surface area contributed by atoms with Crippen LogP contribution in [0.25, 0.3) is 0 Å². The number of hydrogen-bond donors (Lipinski definition) is 1. The van der Waals surface area contributed by atoms with Crippen molar-refractivity contribution in [2.45, 2.75) is 26.7 Å². The highest BCUT2D eigenvalue weighted by molar-refractivity contribution is 5.92. The minimum atomic E-state index is -0.0557. The Kier molecular flexibility index (Phi) is 3.80. The molecule has 1 N–H and O–H groups in total. The van der Waals surface area contributed by atoms with Crippen LogP contribution in [-0.4, -0.2) is 12.9 Å². The van der Waals surface area contributed by atoms with Crippen LogP contribution < -0.4 is 10.1 Å². The standard InChI is InChI=1S/C16H18N2O2/c1-16(2)8-12(6-13(19)9-16)18-15-7-14(20-3)5-4-11(15)10-17/h4-7,18H,8-9H2,1-3H3. The van der Waals surface area contributed by atoms with Gasteiger partial charge in [0.05, 0.1) is 18.4 Å². The first-order chi connectivity index (χ1) is 9.43. The summed E-state index contributed by atoms with van der Waals surface area (Å²) in [5.74, 6) is 0.790. The molecule has 0 bridgehead atoms. The smallest absolute Gasteiger partial charge is 0.157 e. The van der Waals surface area contributed by atoms with Gasteiger partial charge < -0.3 is 10.1 Å². The number of ketones is 1. The van der Waals surface area contributed by atoms with Crippen LogP contribution in [0.1, 0.15) is 32.3 Å². The van der Waals surface area contributed by atoms with Gasteiger partial charge in [0, 0.05) is 24.3 Å². The lowest BCUT2D eigenvalue weighted by molar-refractivity contribution is -0.117. The van der Waals surface area contributed by atoms with Crippen molar-refractivity contribution in [1.29, 1.82) is 5.26 Å². The molecule has 0 heterocycles. The second kappa shape index (κ2) is 5.38. The maximum Gasteiger partial charge on any atom is 0.157 e. The molecule has 2 rings (SSSR count). The fraction of sp³-hybridized carbons (Fsp3) is 0.375. The highest BCUT2D eigenvalue weighted by Crippen LogP contribution is 2.34. The lowest BCUT2D eigenvalue weighted by Crippen LogP contribution is -2.24. The molecule has 0 radical (unpaired) electrons. The van der Waals surface area contributed by atoms with Crippen molar-refractivity contribution < 1.29 is 9.53 Å². The van der Waals surface area contributed by atoms with Gasteiger partial charge in [0.2, 0.25) is 0 Å². The van der Waals surface area contributed by atoms with Gasteiger partial charge in [-0.1, -0.05) is 13.8 Å². The number of nitrogens with zero attached hydrogens (tertiary/aromatic N) is 1. The highest BCUT2D eigenvalue weighted by atomic mass is 16.5. The van der Waals surface area contributed by atoms with Crippen molar-refractivity contribution in [2.24, 2.45) is 5.41 Å². The Balaban J connectivity index is 2.30. The van der Waals surface area contributed by atoms with E-state index in [9.17, 15) is 4.79 Å². The average Bonchev–Trinajstić information content (AvgIpc) is 2.36. The molecule has 1 aromatic carbocycles. The first-order valence-corrected chi connectivity index (χ1v) is 6.52. The van der Waals surface area contributed by atoms with E-state index in [1.807, 2.05) is 0 Å². The Labute approximate surface area is 119 Å². The second-order valence-corrected chi connectivity index (χ2v) is 5.80. The number of anilines is 1. The zero-order valence-corrected chi connectivity index (χ0v) is 12.0. The lowest BCUT2D eigenvalue weighted by atomic mass is 9.79. The summed E-state index contributed by atoms with van der Waals surface area (Å²) < 4.78 is 5.17. The molecule has 1 aliphatic carbocycles. The van der Waals surface area contributed by atoms with Crippen LogP contribution in [0, 0.1) is 16.7 Å². The van der Waals surface area contributed by atoms with E-state index in [1.165, 1.54) is 0 Å². The molecule has 0 saturated carbocycles. The molecule has 1 aliphatic rings. The second-order valence-electron chi connectivity index (χ2n) is 5.80. The SMILES string of the molecule is COc1ccc(C#N)c(NC2=CC(=O)CC(C)(C)C2)c1. The number of carbonyl (C=O) groups is 1. The van der Waals surface area contributed by atoms with E-state index in [0.29, 0.717) is 23.4 Å². The van der Waals surface area contributed by atoms with Crippen molar-refractivity contribution in [3.8, 4) is 11.8 Å². The molecule has 4 nitrogen and oxygen atoms in total. The van der Waals surface area contributed by atoms with E-state index in [2.05, 4.69) is 25.2 Å². The van der Waals surface area contributed by atoms with Crippen molar-refractivity contribution in [3.63, 3.8) is 0 Å². The fourth-order valence-corrected chi connectivity index (χ4v) is 2.45. The van der Waals surface area contributed by atoms with Crippen molar-refractivity contribution >= 4 is 11.5 Å². The largest absolute Gasteiger partial charge is 0.497 e. The maximum absolute atomic E-state index is 11.8. The van der Waals surface area contributed by atoms with Crippen molar-refractivity contribution in [1.82, 2.24) is 0 Å². The number of allylic oxidation sites excluding steroid dienone is 2. The third kappa shape index (κ3) is 3.18. The molecule has 20 heavy (non-hydrogen) atoms. The van der Waals surface area contributed by atoms with Crippen molar-refractivity contribution in [2.75, 3.05) is 12.4 Å². The van der Waals surface area contributed by atoms with Crippen LogP contribution in [0.2, 0.25) is 0 Å². The predicted molar refractivity (Wildman–Crippen MR) is 77.4 cm³/mol. The number of ether oxygens (including phenoxy) is 1. The van der Waals surface area contributed by atoms with Crippen LogP contribution in [0.4, 0.5) is 5.69 Å². The molecule has 0 aliphatic heterocycles. The molecule has 4 heteroatoms. The molecule has 0 spiro atoms. The van der Waals surface area contributed by atoms with Gasteiger partial charge in [-0.2, -0.15) is 5.26 Å². The molecule has 1 aromatic rings. The van der Waals surface area contributed by atoms with Gasteiger partial charge in [-0.05, 0) is 24.0 Å². The van der Waals surface area contributed by atoms with Crippen LogP contribution in [-0.2, 0) is 4.79 Å². The molecular formula is C16H18N2O2. The summed E-state index contributed by atoms with van der Waals surface area (Å²) in [7, 11) is 1.58. The number of hydrogen-bond acceptors (Lipinski definition) is 4. The molecule has 0 fully saturated rings. The molecule has 0 aromatic heterocycles. The van der Waals surface area contributed by atoms with Crippen LogP contribution in [0.15, 0.2) is 30.0 Å². The molecule has 104 valence electrons. The first kappa shape index (κ1) is 14.1. The number of nitrogens with one attached hydrogen (secondary N) is 1. The first-order valence-electron chi connectivity index (χ1n) is 6.52. The van der Waals surface area contributed by atoms with E-state index < -0.39 is 0 Å². The maximum atomic E-state index is 11.8. The number of benzene rings is 1. The molecule has 0 saturated heterocycles. The average molecular weight is 270 g/mol. The summed E-state index contributed by atoms with van der Waals surface area (Å²) in [4.78, 5) is 11.8. The zero-order chi connectivity index (χ0) is 14.8. The van der Waals surface area contributed by atoms with Gasteiger partial charge in [-0.3, -0.25) is 4.79 Å². The minimum absolute atomic E-state index is 0.0557. The monoisotopic (exact) mass is 270 g/mol. The fourth-order valence-electron chi connectivity index (χ4n) is 2.45. The normalized spacial score (nSPS) is 17.1. The Morgan fingerprint density at radius 2 is 2.10 bits per heavy atom. The molecule has 0 amide bonds. The summed E-state index contributed by atoms with van der Waals surface area (Å²) in [6.45, 7) is 4.13. The van der Waals surface area contributed by atoms with E-state index in [0.717, 1.165) is 12.1 Å². The summed E-state index contributed by atoms with van der Waals surface area (Å²) in [5, 5.41) is 12.3. The summed E-state index contributed by atoms with van der Waals surface area (Å²) in [5.41, 5.74) is 1.99. The van der Waals surface area contributed by atoms with Crippen LogP contribution in [0.3, 0.4) is 0 Å².